The molecule has 5 heteroatoms. The van der Waals surface area contributed by atoms with E-state index in [0.29, 0.717) is 18.6 Å². The van der Waals surface area contributed by atoms with Crippen molar-refractivity contribution in [1.82, 2.24) is 0 Å². The van der Waals surface area contributed by atoms with E-state index < -0.39 is 0 Å². The van der Waals surface area contributed by atoms with Crippen molar-refractivity contribution in [2.24, 2.45) is 0 Å². The SMILES string of the molecule is O=C1CCc2c(cccc2OOCl)N1. The fourth-order valence-corrected chi connectivity index (χ4v) is 1.57. The van der Waals surface area contributed by atoms with Crippen LogP contribution in [-0.4, -0.2) is 5.91 Å². The highest BCUT2D eigenvalue weighted by molar-refractivity contribution is 6.06. The van der Waals surface area contributed by atoms with Gasteiger partial charge in [-0.2, -0.15) is 0 Å². The number of anilines is 1. The van der Waals surface area contributed by atoms with Crippen LogP contribution in [0.1, 0.15) is 12.0 Å². The number of amides is 1. The summed E-state index contributed by atoms with van der Waals surface area (Å²) in [5, 5.41) is 2.74. The molecule has 0 radical (unpaired) electrons. The van der Waals surface area contributed by atoms with Crippen molar-refractivity contribution in [2.45, 2.75) is 12.8 Å². The zero-order valence-corrected chi connectivity index (χ0v) is 8.00. The van der Waals surface area contributed by atoms with E-state index in [2.05, 4.69) is 9.76 Å². The zero-order chi connectivity index (χ0) is 9.97. The third-order valence-corrected chi connectivity index (χ3v) is 2.19. The van der Waals surface area contributed by atoms with Crippen LogP contribution in [0, 0.1) is 0 Å². The zero-order valence-electron chi connectivity index (χ0n) is 7.25. The summed E-state index contributed by atoms with van der Waals surface area (Å²) in [5.41, 5.74) is 1.67. The minimum atomic E-state index is 0.0152. The Morgan fingerprint density at radius 1 is 1.36 bits per heavy atom. The summed E-state index contributed by atoms with van der Waals surface area (Å²) in [6.45, 7) is 0. The van der Waals surface area contributed by atoms with Crippen LogP contribution in [-0.2, 0) is 15.7 Å². The maximum absolute atomic E-state index is 11.1. The van der Waals surface area contributed by atoms with Crippen molar-refractivity contribution in [3.63, 3.8) is 0 Å². The number of carbonyl (C=O) groups excluding carboxylic acids is 1. The van der Waals surface area contributed by atoms with E-state index in [-0.39, 0.29) is 5.91 Å². The summed E-state index contributed by atoms with van der Waals surface area (Å²) < 4.78 is 4.08. The summed E-state index contributed by atoms with van der Waals surface area (Å²) in [4.78, 5) is 15.8. The lowest BCUT2D eigenvalue weighted by Gasteiger charge is -2.18. The molecule has 2 rings (SSSR count). The highest BCUT2D eigenvalue weighted by Crippen LogP contribution is 2.31. The molecule has 0 bridgehead atoms. The van der Waals surface area contributed by atoms with Crippen LogP contribution >= 0.6 is 11.9 Å². The maximum Gasteiger partial charge on any atom is 0.224 e. The number of halogens is 1. The molecule has 1 N–H and O–H groups in total. The second-order valence-corrected chi connectivity index (χ2v) is 3.10. The molecule has 1 aromatic carbocycles. The van der Waals surface area contributed by atoms with Gasteiger partial charge >= 0.3 is 0 Å². The molecule has 14 heavy (non-hydrogen) atoms. The number of hydrogen-bond donors (Lipinski definition) is 1. The Hall–Kier alpha value is -1.26. The van der Waals surface area contributed by atoms with Crippen LogP contribution in [0.3, 0.4) is 0 Å². The molecular weight excluding hydrogens is 206 g/mol. The van der Waals surface area contributed by atoms with Crippen LogP contribution in [0.4, 0.5) is 5.69 Å². The van der Waals surface area contributed by atoms with Crippen LogP contribution in [0.25, 0.3) is 0 Å². The molecule has 4 nitrogen and oxygen atoms in total. The van der Waals surface area contributed by atoms with Gasteiger partial charge < -0.3 is 10.2 Å². The maximum atomic E-state index is 11.1. The Bertz CT molecular complexity index is 367. The Kier molecular flexibility index (Phi) is 2.56. The third-order valence-electron chi connectivity index (χ3n) is 2.13. The monoisotopic (exact) mass is 213 g/mol. The van der Waals surface area contributed by atoms with Crippen molar-refractivity contribution in [2.75, 3.05) is 5.32 Å². The molecule has 1 aliphatic heterocycles. The summed E-state index contributed by atoms with van der Waals surface area (Å²) in [6.07, 6.45) is 1.09. The van der Waals surface area contributed by atoms with Crippen molar-refractivity contribution < 1.29 is 14.1 Å². The lowest BCUT2D eigenvalue weighted by Crippen LogP contribution is -2.19. The molecule has 0 spiro atoms. The van der Waals surface area contributed by atoms with Crippen LogP contribution in [0.15, 0.2) is 18.2 Å². The average molecular weight is 214 g/mol. The van der Waals surface area contributed by atoms with Crippen molar-refractivity contribution in [3.8, 4) is 5.75 Å². The van der Waals surface area contributed by atoms with Gasteiger partial charge in [0.15, 0.2) is 5.75 Å². The van der Waals surface area contributed by atoms with Gasteiger partial charge in [0.25, 0.3) is 0 Å². The van der Waals surface area contributed by atoms with Gasteiger partial charge in [-0.15, -0.1) is 0 Å². The summed E-state index contributed by atoms with van der Waals surface area (Å²) >= 11 is 5.00. The molecule has 0 fully saturated rings. The minimum absolute atomic E-state index is 0.0152. The van der Waals surface area contributed by atoms with E-state index in [0.717, 1.165) is 11.3 Å². The van der Waals surface area contributed by atoms with Crippen LogP contribution in [0.2, 0.25) is 0 Å². The Morgan fingerprint density at radius 2 is 2.21 bits per heavy atom. The van der Waals surface area contributed by atoms with Gasteiger partial charge in [-0.05, 0) is 18.6 Å². The largest absolute Gasteiger partial charge is 0.326 e. The van der Waals surface area contributed by atoms with Gasteiger partial charge in [-0.3, -0.25) is 4.79 Å². The number of fused-ring (bicyclic) bond motifs is 1. The molecule has 0 aromatic heterocycles. The van der Waals surface area contributed by atoms with Gasteiger partial charge in [0.1, 0.15) is 11.9 Å². The lowest BCUT2D eigenvalue weighted by molar-refractivity contribution is -0.116. The molecule has 0 saturated carbocycles. The van der Waals surface area contributed by atoms with E-state index in [1.807, 2.05) is 6.07 Å². The van der Waals surface area contributed by atoms with Crippen LogP contribution < -0.4 is 10.2 Å². The van der Waals surface area contributed by atoms with Crippen molar-refractivity contribution >= 4 is 23.5 Å². The average Bonchev–Trinajstić information content (AvgIpc) is 2.18. The predicted molar refractivity (Wildman–Crippen MR) is 51.0 cm³/mol. The fraction of sp³-hybridized carbons (Fsp3) is 0.222. The first kappa shape index (κ1) is 9.30. The van der Waals surface area contributed by atoms with E-state index in [1.54, 1.807) is 12.1 Å². The first-order valence-corrected chi connectivity index (χ1v) is 4.49. The summed E-state index contributed by atoms with van der Waals surface area (Å²) in [5.74, 6) is 0.555. The molecule has 74 valence electrons. The number of hydrogen-bond acceptors (Lipinski definition) is 3. The standard InChI is InChI=1S/C9H8ClNO3/c10-14-13-8-3-1-2-7-6(8)4-5-9(12)11-7/h1-3H,4-5H2,(H,11,12). The normalized spacial score (nSPS) is 14.5. The molecular formula is C9H8ClNO3. The second kappa shape index (κ2) is 3.86. The molecule has 1 aliphatic rings. The summed E-state index contributed by atoms with van der Waals surface area (Å²) in [6, 6.07) is 5.31. The van der Waals surface area contributed by atoms with E-state index in [4.69, 9.17) is 16.8 Å². The smallest absolute Gasteiger partial charge is 0.224 e. The quantitative estimate of drug-likeness (QED) is 0.604. The van der Waals surface area contributed by atoms with Gasteiger partial charge in [-0.25, -0.2) is 0 Å². The number of benzene rings is 1. The first-order valence-electron chi connectivity index (χ1n) is 4.18. The van der Waals surface area contributed by atoms with E-state index in [9.17, 15) is 4.79 Å². The highest BCUT2D eigenvalue weighted by Gasteiger charge is 2.18. The van der Waals surface area contributed by atoms with Crippen molar-refractivity contribution in [3.05, 3.63) is 23.8 Å². The van der Waals surface area contributed by atoms with E-state index in [1.165, 1.54) is 0 Å². The van der Waals surface area contributed by atoms with Gasteiger partial charge in [0.05, 0.1) is 0 Å². The molecule has 1 heterocycles. The fourth-order valence-electron chi connectivity index (χ4n) is 1.50. The second-order valence-electron chi connectivity index (χ2n) is 2.98. The molecule has 0 saturated heterocycles. The molecule has 0 aliphatic carbocycles. The topological polar surface area (TPSA) is 47.6 Å². The molecule has 1 aromatic rings. The van der Waals surface area contributed by atoms with E-state index >= 15 is 0 Å². The van der Waals surface area contributed by atoms with Gasteiger partial charge in [0.2, 0.25) is 5.91 Å². The molecule has 0 atom stereocenters. The highest BCUT2D eigenvalue weighted by atomic mass is 35.5. The first-order chi connectivity index (χ1) is 6.81. The van der Waals surface area contributed by atoms with Gasteiger partial charge in [-0.1, -0.05) is 10.5 Å². The lowest BCUT2D eigenvalue weighted by atomic mass is 10.0. The van der Waals surface area contributed by atoms with Crippen molar-refractivity contribution in [1.29, 1.82) is 0 Å². The molecule has 0 unspecified atom stereocenters. The Labute approximate surface area is 85.9 Å². The molecule has 1 amide bonds. The Morgan fingerprint density at radius 3 is 3.00 bits per heavy atom. The number of nitrogens with one attached hydrogen (secondary N) is 1. The third kappa shape index (κ3) is 1.66. The number of rotatable bonds is 2. The van der Waals surface area contributed by atoms with Crippen LogP contribution in [0.5, 0.6) is 5.75 Å². The summed E-state index contributed by atoms with van der Waals surface area (Å²) in [7, 11) is 0. The number of carbonyl (C=O) groups is 1. The predicted octanol–water partition coefficient (Wildman–Crippen LogP) is 2.04. The van der Waals surface area contributed by atoms with Gasteiger partial charge in [0, 0.05) is 17.7 Å². The Balaban J connectivity index is 2.36. The minimum Gasteiger partial charge on any atom is -0.326 e.